The number of benzene rings is 1. The van der Waals surface area contributed by atoms with E-state index in [9.17, 15) is 13.2 Å². The molecule has 0 spiro atoms. The topological polar surface area (TPSA) is 35.2 Å². The van der Waals surface area contributed by atoms with E-state index >= 15 is 0 Å². The molecule has 0 aromatic heterocycles. The van der Waals surface area contributed by atoms with Gasteiger partial charge in [0.2, 0.25) is 0 Å². The lowest BCUT2D eigenvalue weighted by Gasteiger charge is -2.11. The number of hydrogen-bond acceptors (Lipinski definition) is 2. The number of nitrogens with two attached hydrogens (primary N) is 1. The van der Waals surface area contributed by atoms with Gasteiger partial charge in [-0.1, -0.05) is 0 Å². The molecule has 15 heavy (non-hydrogen) atoms. The van der Waals surface area contributed by atoms with E-state index in [2.05, 4.69) is 0 Å². The highest BCUT2D eigenvalue weighted by molar-refractivity contribution is 5.39. The van der Waals surface area contributed by atoms with E-state index in [-0.39, 0.29) is 17.9 Å². The highest BCUT2D eigenvalue weighted by Crippen LogP contribution is 2.29. The van der Waals surface area contributed by atoms with Crippen molar-refractivity contribution in [1.29, 1.82) is 0 Å². The van der Waals surface area contributed by atoms with Crippen LogP contribution in [-0.2, 0) is 6.42 Å². The van der Waals surface area contributed by atoms with E-state index in [1.807, 2.05) is 0 Å². The Balaban J connectivity index is 3.19. The lowest BCUT2D eigenvalue weighted by molar-refractivity contribution is 0.150. The maximum atomic E-state index is 13.3. The van der Waals surface area contributed by atoms with Gasteiger partial charge in [-0.25, -0.2) is 13.2 Å². The zero-order valence-corrected chi connectivity index (χ0v) is 8.27. The predicted molar refractivity (Wildman–Crippen MR) is 50.7 cm³/mol. The fourth-order valence-corrected chi connectivity index (χ4v) is 1.37. The first-order valence-corrected chi connectivity index (χ1v) is 4.44. The van der Waals surface area contributed by atoms with Gasteiger partial charge in [0.25, 0.3) is 6.43 Å². The summed E-state index contributed by atoms with van der Waals surface area (Å²) in [5.41, 5.74) is 5.32. The summed E-state index contributed by atoms with van der Waals surface area (Å²) in [5, 5.41) is 0. The fourth-order valence-electron chi connectivity index (χ4n) is 1.37. The Hall–Kier alpha value is -1.23. The molecule has 0 aliphatic heterocycles. The lowest BCUT2D eigenvalue weighted by atomic mass is 10.1. The third-order valence-electron chi connectivity index (χ3n) is 2.01. The number of hydrogen-bond donors (Lipinski definition) is 1. The number of halogens is 3. The number of ether oxygens (including phenoxy) is 1. The second-order valence-corrected chi connectivity index (χ2v) is 3.03. The molecule has 0 aliphatic rings. The summed E-state index contributed by atoms with van der Waals surface area (Å²) in [4.78, 5) is 0. The minimum absolute atomic E-state index is 0.00940. The second-order valence-electron chi connectivity index (χ2n) is 3.03. The molecule has 2 nitrogen and oxygen atoms in total. The molecule has 0 radical (unpaired) electrons. The van der Waals surface area contributed by atoms with Gasteiger partial charge in [0, 0.05) is 5.56 Å². The van der Waals surface area contributed by atoms with Crippen LogP contribution >= 0.6 is 0 Å². The summed E-state index contributed by atoms with van der Waals surface area (Å²) in [5.74, 6) is -0.788. The van der Waals surface area contributed by atoms with Crippen LogP contribution in [0.15, 0.2) is 12.1 Å². The summed E-state index contributed by atoms with van der Waals surface area (Å²) in [6.45, 7) is 0.252. The molecule has 0 fully saturated rings. The van der Waals surface area contributed by atoms with Crippen LogP contribution in [0.5, 0.6) is 5.75 Å². The highest BCUT2D eigenvalue weighted by Gasteiger charge is 2.15. The molecule has 0 heterocycles. The summed E-state index contributed by atoms with van der Waals surface area (Å²) < 4.78 is 42.8. The fraction of sp³-hybridized carbons (Fsp3) is 0.400. The maximum Gasteiger partial charge on any atom is 0.263 e. The summed E-state index contributed by atoms with van der Waals surface area (Å²) in [6, 6.07) is 2.00. The van der Waals surface area contributed by atoms with Gasteiger partial charge in [0.15, 0.2) is 11.6 Å². The quantitative estimate of drug-likeness (QED) is 0.843. The monoisotopic (exact) mass is 219 g/mol. The minimum atomic E-state index is -2.69. The average molecular weight is 219 g/mol. The van der Waals surface area contributed by atoms with Gasteiger partial charge in [-0.3, -0.25) is 0 Å². The third-order valence-corrected chi connectivity index (χ3v) is 2.01. The van der Waals surface area contributed by atoms with Crippen molar-refractivity contribution >= 4 is 0 Å². The Morgan fingerprint density at radius 2 is 2.07 bits per heavy atom. The third kappa shape index (κ3) is 2.62. The normalized spacial score (nSPS) is 10.8. The first-order valence-electron chi connectivity index (χ1n) is 4.44. The molecule has 0 saturated carbocycles. The van der Waals surface area contributed by atoms with Crippen LogP contribution in [0.2, 0.25) is 0 Å². The Morgan fingerprint density at radius 3 is 2.53 bits per heavy atom. The number of alkyl halides is 2. The molecule has 5 heteroatoms. The lowest BCUT2D eigenvalue weighted by Crippen LogP contribution is -2.06. The largest absolute Gasteiger partial charge is 0.493 e. The Morgan fingerprint density at radius 1 is 1.40 bits per heavy atom. The van der Waals surface area contributed by atoms with Crippen LogP contribution in [0.4, 0.5) is 13.2 Å². The predicted octanol–water partition coefficient (Wildman–Crippen LogP) is 2.27. The van der Waals surface area contributed by atoms with Crippen molar-refractivity contribution in [2.45, 2.75) is 12.8 Å². The van der Waals surface area contributed by atoms with Crippen molar-refractivity contribution in [3.8, 4) is 5.75 Å². The molecule has 0 bridgehead atoms. The van der Waals surface area contributed by atoms with Gasteiger partial charge in [-0.05, 0) is 30.7 Å². The Bertz CT molecular complexity index is 342. The van der Waals surface area contributed by atoms with E-state index in [0.29, 0.717) is 12.0 Å². The smallest absolute Gasteiger partial charge is 0.263 e. The molecule has 0 unspecified atom stereocenters. The van der Waals surface area contributed by atoms with Gasteiger partial charge >= 0.3 is 0 Å². The van der Waals surface area contributed by atoms with Gasteiger partial charge in [0.1, 0.15) is 0 Å². The van der Waals surface area contributed by atoms with Crippen molar-refractivity contribution in [3.05, 3.63) is 29.1 Å². The van der Waals surface area contributed by atoms with Crippen molar-refractivity contribution in [2.24, 2.45) is 5.73 Å². The van der Waals surface area contributed by atoms with E-state index in [4.69, 9.17) is 10.5 Å². The first kappa shape index (κ1) is 11.8. The summed E-state index contributed by atoms with van der Waals surface area (Å²) in [6.07, 6.45) is -2.39. The van der Waals surface area contributed by atoms with Crippen LogP contribution < -0.4 is 10.5 Å². The molecule has 2 N–H and O–H groups in total. The molecule has 0 atom stereocenters. The van der Waals surface area contributed by atoms with Crippen LogP contribution in [0.25, 0.3) is 0 Å². The molecule has 1 rings (SSSR count). The van der Waals surface area contributed by atoms with Crippen molar-refractivity contribution in [1.82, 2.24) is 0 Å². The van der Waals surface area contributed by atoms with Crippen LogP contribution in [0.3, 0.4) is 0 Å². The molecular weight excluding hydrogens is 207 g/mol. The highest BCUT2D eigenvalue weighted by atomic mass is 19.3. The molecular formula is C10H12F3NO. The second kappa shape index (κ2) is 5.02. The molecule has 84 valence electrons. The summed E-state index contributed by atoms with van der Waals surface area (Å²) >= 11 is 0. The van der Waals surface area contributed by atoms with Crippen molar-refractivity contribution < 1.29 is 17.9 Å². The van der Waals surface area contributed by atoms with Gasteiger partial charge in [0.05, 0.1) is 7.11 Å². The van der Waals surface area contributed by atoms with E-state index in [0.717, 1.165) is 6.07 Å². The van der Waals surface area contributed by atoms with Crippen molar-refractivity contribution in [3.63, 3.8) is 0 Å². The van der Waals surface area contributed by atoms with Crippen LogP contribution in [0, 0.1) is 5.82 Å². The number of methoxy groups -OCH3 is 1. The minimum Gasteiger partial charge on any atom is -0.493 e. The van der Waals surface area contributed by atoms with E-state index in [1.54, 1.807) is 0 Å². The van der Waals surface area contributed by atoms with Crippen molar-refractivity contribution in [2.75, 3.05) is 13.7 Å². The first-order chi connectivity index (χ1) is 7.10. The van der Waals surface area contributed by atoms with E-state index in [1.165, 1.54) is 13.2 Å². The maximum absolute atomic E-state index is 13.3. The molecule has 1 aromatic rings. The number of rotatable bonds is 4. The standard InChI is InChI=1S/C10H12F3NO/c1-15-9-6(2-3-14)4-7(10(12)13)5-8(9)11/h4-5,10H,2-3,14H2,1H3. The SMILES string of the molecule is COc1c(F)cc(C(F)F)cc1CCN. The van der Waals surface area contributed by atoms with Crippen LogP contribution in [0.1, 0.15) is 17.6 Å². The zero-order valence-electron chi connectivity index (χ0n) is 8.27. The van der Waals surface area contributed by atoms with Gasteiger partial charge in [-0.2, -0.15) is 0 Å². The average Bonchev–Trinajstić information content (AvgIpc) is 2.17. The van der Waals surface area contributed by atoms with Gasteiger partial charge in [-0.15, -0.1) is 0 Å². The Kier molecular flexibility index (Phi) is 3.96. The molecule has 1 aromatic carbocycles. The molecule has 0 amide bonds. The van der Waals surface area contributed by atoms with E-state index < -0.39 is 12.2 Å². The van der Waals surface area contributed by atoms with Crippen LogP contribution in [-0.4, -0.2) is 13.7 Å². The molecule has 0 saturated heterocycles. The Labute approximate surface area is 85.8 Å². The molecule has 0 aliphatic carbocycles. The summed E-state index contributed by atoms with van der Waals surface area (Å²) in [7, 11) is 1.29. The zero-order chi connectivity index (χ0) is 11.4. The van der Waals surface area contributed by atoms with Gasteiger partial charge < -0.3 is 10.5 Å².